The molecule has 0 amide bonds. The van der Waals surface area contributed by atoms with Gasteiger partial charge in [-0.1, -0.05) is 6.07 Å². The van der Waals surface area contributed by atoms with E-state index in [1.807, 2.05) is 12.3 Å². The number of thioether (sulfide) groups is 1. The number of hydrogen-bond acceptors (Lipinski definition) is 4. The average Bonchev–Trinajstić information content (AvgIpc) is 2.36. The van der Waals surface area contributed by atoms with Crippen molar-refractivity contribution in [1.29, 1.82) is 0 Å². The molecule has 92 valence electrons. The summed E-state index contributed by atoms with van der Waals surface area (Å²) in [5.74, 6) is -2.64. The maximum atomic E-state index is 11.0. The van der Waals surface area contributed by atoms with Crippen LogP contribution in [0.2, 0.25) is 0 Å². The second-order valence-electron chi connectivity index (χ2n) is 3.55. The fourth-order valence-electron chi connectivity index (χ4n) is 1.60. The van der Waals surface area contributed by atoms with Crippen molar-refractivity contribution in [3.63, 3.8) is 0 Å². The lowest BCUT2D eigenvalue weighted by atomic mass is 10.1. The molecule has 0 unspecified atom stereocenters. The number of carbonyl (C=O) groups is 2. The number of carboxylic acids is 2. The highest BCUT2D eigenvalue weighted by Gasteiger charge is 2.18. The topological polar surface area (TPSA) is 87.5 Å². The van der Waals surface area contributed by atoms with Gasteiger partial charge in [0.2, 0.25) is 0 Å². The first-order valence-corrected chi connectivity index (χ1v) is 6.21. The Bertz CT molecular complexity index is 654. The number of aromatic carboxylic acids is 2. The third kappa shape index (κ3) is 2.14. The molecule has 5 nitrogen and oxygen atoms in total. The van der Waals surface area contributed by atoms with Crippen molar-refractivity contribution in [2.75, 3.05) is 6.26 Å². The number of hydrogen-bond donors (Lipinski definition) is 2. The average molecular weight is 263 g/mol. The maximum absolute atomic E-state index is 11.0. The van der Waals surface area contributed by atoms with Gasteiger partial charge in [0.1, 0.15) is 0 Å². The molecule has 0 aliphatic rings. The highest BCUT2D eigenvalue weighted by atomic mass is 32.2. The first-order valence-electron chi connectivity index (χ1n) is 4.98. The molecule has 6 heteroatoms. The highest BCUT2D eigenvalue weighted by Crippen LogP contribution is 2.23. The van der Waals surface area contributed by atoms with Gasteiger partial charge in [-0.25, -0.2) is 14.6 Å². The Morgan fingerprint density at radius 2 is 1.89 bits per heavy atom. The summed E-state index contributed by atoms with van der Waals surface area (Å²) in [5, 5.41) is 18.5. The Hall–Kier alpha value is -2.08. The van der Waals surface area contributed by atoms with E-state index in [9.17, 15) is 9.59 Å². The van der Waals surface area contributed by atoms with Crippen LogP contribution in [0.25, 0.3) is 10.9 Å². The Morgan fingerprint density at radius 3 is 2.44 bits per heavy atom. The quantitative estimate of drug-likeness (QED) is 0.826. The molecule has 0 saturated carbocycles. The largest absolute Gasteiger partial charge is 0.478 e. The van der Waals surface area contributed by atoms with E-state index < -0.39 is 17.6 Å². The molecule has 0 fully saturated rings. The van der Waals surface area contributed by atoms with Gasteiger partial charge < -0.3 is 10.2 Å². The Kier molecular flexibility index (Phi) is 3.20. The summed E-state index contributed by atoms with van der Waals surface area (Å²) < 4.78 is 0. The zero-order valence-electron chi connectivity index (χ0n) is 9.38. The third-order valence-electron chi connectivity index (χ3n) is 2.46. The molecule has 0 radical (unpaired) electrons. The molecule has 0 bridgehead atoms. The monoisotopic (exact) mass is 263 g/mol. The summed E-state index contributed by atoms with van der Waals surface area (Å²) in [5.41, 5.74) is -0.260. The minimum absolute atomic E-state index is 0.299. The van der Waals surface area contributed by atoms with E-state index in [2.05, 4.69) is 4.98 Å². The van der Waals surface area contributed by atoms with Gasteiger partial charge in [-0.15, -0.1) is 11.8 Å². The highest BCUT2D eigenvalue weighted by molar-refractivity contribution is 7.98. The lowest BCUT2D eigenvalue weighted by molar-refractivity contribution is 0.0647. The van der Waals surface area contributed by atoms with Crippen LogP contribution >= 0.6 is 11.8 Å². The molecule has 18 heavy (non-hydrogen) atoms. The zero-order chi connectivity index (χ0) is 13.3. The van der Waals surface area contributed by atoms with Crippen LogP contribution in [0, 0.1) is 0 Å². The van der Waals surface area contributed by atoms with Gasteiger partial charge >= 0.3 is 11.9 Å². The fourth-order valence-corrected chi connectivity index (χ4v) is 2.03. The molecule has 0 spiro atoms. The van der Waals surface area contributed by atoms with Gasteiger partial charge in [0.15, 0.2) is 5.69 Å². The number of nitrogens with zero attached hydrogens (tertiary/aromatic N) is 1. The number of benzene rings is 1. The van der Waals surface area contributed by atoms with Crippen LogP contribution in [0.3, 0.4) is 0 Å². The molecule has 1 aromatic heterocycles. The van der Waals surface area contributed by atoms with Gasteiger partial charge in [-0.05, 0) is 24.5 Å². The van der Waals surface area contributed by atoms with Crippen molar-refractivity contribution < 1.29 is 19.8 Å². The Labute approximate surface area is 106 Å². The van der Waals surface area contributed by atoms with E-state index >= 15 is 0 Å². The molecule has 1 aromatic carbocycles. The number of pyridine rings is 1. The smallest absolute Gasteiger partial charge is 0.355 e. The Balaban J connectivity index is 2.76. The van der Waals surface area contributed by atoms with Gasteiger partial charge in [0.05, 0.1) is 11.1 Å². The summed E-state index contributed by atoms with van der Waals surface area (Å²) in [4.78, 5) is 26.8. The van der Waals surface area contributed by atoms with Crippen molar-refractivity contribution in [3.8, 4) is 0 Å². The molecule has 0 aliphatic carbocycles. The molecular formula is C12H9NO4S. The fraction of sp³-hybridized carbons (Fsp3) is 0.0833. The molecular weight excluding hydrogens is 254 g/mol. The van der Waals surface area contributed by atoms with Crippen molar-refractivity contribution in [2.45, 2.75) is 4.90 Å². The summed E-state index contributed by atoms with van der Waals surface area (Å²) >= 11 is 1.50. The van der Waals surface area contributed by atoms with E-state index in [1.165, 1.54) is 17.8 Å². The second kappa shape index (κ2) is 4.66. The van der Waals surface area contributed by atoms with Crippen LogP contribution in [-0.2, 0) is 0 Å². The first-order chi connectivity index (χ1) is 8.52. The van der Waals surface area contributed by atoms with Crippen molar-refractivity contribution >= 4 is 34.6 Å². The van der Waals surface area contributed by atoms with Crippen molar-refractivity contribution in [2.24, 2.45) is 0 Å². The number of carboxylic acid groups (broad SMARTS) is 2. The van der Waals surface area contributed by atoms with Crippen LogP contribution in [0.1, 0.15) is 20.8 Å². The lowest BCUT2D eigenvalue weighted by Crippen LogP contribution is -2.10. The summed E-state index contributed by atoms with van der Waals surface area (Å²) in [6.07, 6.45) is 1.89. The van der Waals surface area contributed by atoms with Crippen LogP contribution in [-0.4, -0.2) is 33.4 Å². The van der Waals surface area contributed by atoms with E-state index in [-0.39, 0.29) is 5.56 Å². The molecule has 2 aromatic rings. The van der Waals surface area contributed by atoms with Gasteiger partial charge in [0.25, 0.3) is 0 Å². The molecule has 0 saturated heterocycles. The minimum Gasteiger partial charge on any atom is -0.478 e. The van der Waals surface area contributed by atoms with Crippen LogP contribution in [0.4, 0.5) is 0 Å². The molecule has 2 rings (SSSR count). The number of rotatable bonds is 3. The van der Waals surface area contributed by atoms with Crippen LogP contribution in [0.5, 0.6) is 0 Å². The van der Waals surface area contributed by atoms with E-state index in [0.29, 0.717) is 10.9 Å². The predicted octanol–water partition coefficient (Wildman–Crippen LogP) is 2.35. The number of aromatic nitrogens is 1. The summed E-state index contributed by atoms with van der Waals surface area (Å²) in [7, 11) is 0. The van der Waals surface area contributed by atoms with Crippen LogP contribution < -0.4 is 0 Å². The zero-order valence-corrected chi connectivity index (χ0v) is 10.2. The first kappa shape index (κ1) is 12.4. The van der Waals surface area contributed by atoms with Gasteiger partial charge in [-0.2, -0.15) is 0 Å². The summed E-state index contributed by atoms with van der Waals surface area (Å²) in [6, 6.07) is 6.63. The molecule has 0 atom stereocenters. The van der Waals surface area contributed by atoms with E-state index in [1.54, 1.807) is 12.1 Å². The van der Waals surface area contributed by atoms with Crippen molar-refractivity contribution in [3.05, 3.63) is 35.5 Å². The third-order valence-corrected chi connectivity index (χ3v) is 3.18. The van der Waals surface area contributed by atoms with E-state index in [0.717, 1.165) is 4.90 Å². The molecule has 0 aliphatic heterocycles. The standard InChI is InChI=1S/C12H9NO4S/c1-18-7-3-2-6-4-8(11(14)15)10(12(16)17)13-9(6)5-7/h2-5H,1H3,(H,14,15)(H,16,17). The predicted molar refractivity (Wildman–Crippen MR) is 67.4 cm³/mol. The van der Waals surface area contributed by atoms with E-state index in [4.69, 9.17) is 10.2 Å². The SMILES string of the molecule is CSc1ccc2cc(C(=O)O)c(C(=O)O)nc2c1. The normalized spacial score (nSPS) is 10.5. The lowest BCUT2D eigenvalue weighted by Gasteiger charge is -2.05. The van der Waals surface area contributed by atoms with Crippen LogP contribution in [0.15, 0.2) is 29.2 Å². The summed E-state index contributed by atoms with van der Waals surface area (Å²) in [6.45, 7) is 0. The molecule has 1 heterocycles. The minimum atomic E-state index is -1.34. The maximum Gasteiger partial charge on any atom is 0.355 e. The molecule has 2 N–H and O–H groups in total. The number of fused-ring (bicyclic) bond motifs is 1. The van der Waals surface area contributed by atoms with Crippen molar-refractivity contribution in [1.82, 2.24) is 4.98 Å². The van der Waals surface area contributed by atoms with Gasteiger partial charge in [0, 0.05) is 10.3 Å². The second-order valence-corrected chi connectivity index (χ2v) is 4.43. The van der Waals surface area contributed by atoms with Gasteiger partial charge in [-0.3, -0.25) is 0 Å². The Morgan fingerprint density at radius 1 is 1.17 bits per heavy atom.